The van der Waals surface area contributed by atoms with E-state index < -0.39 is 0 Å². The van der Waals surface area contributed by atoms with E-state index in [4.69, 9.17) is 9.47 Å². The predicted octanol–water partition coefficient (Wildman–Crippen LogP) is 5.40. The fourth-order valence-corrected chi connectivity index (χ4v) is 7.08. The van der Waals surface area contributed by atoms with E-state index in [9.17, 15) is 4.79 Å². The fraction of sp³-hybridized carbons (Fsp3) is 0.536. The zero-order valence-electron chi connectivity index (χ0n) is 18.9. The number of allylic oxidation sites excluding steroid dienone is 3. The van der Waals surface area contributed by atoms with Crippen LogP contribution < -0.4 is 4.74 Å². The molecule has 0 radical (unpaired) electrons. The molecule has 0 amide bonds. The molecule has 4 atom stereocenters. The summed E-state index contributed by atoms with van der Waals surface area (Å²) >= 11 is 0. The van der Waals surface area contributed by atoms with Crippen molar-refractivity contribution < 1.29 is 14.3 Å². The molecule has 3 nitrogen and oxygen atoms in total. The van der Waals surface area contributed by atoms with E-state index in [1.165, 1.54) is 28.7 Å². The maximum Gasteiger partial charge on any atom is 0.156 e. The van der Waals surface area contributed by atoms with Crippen molar-refractivity contribution in [2.45, 2.75) is 57.8 Å². The van der Waals surface area contributed by atoms with Gasteiger partial charge in [-0.05, 0) is 91.4 Å². The van der Waals surface area contributed by atoms with Crippen LogP contribution in [0.15, 0.2) is 47.1 Å². The first-order chi connectivity index (χ1) is 15.0. The molecule has 0 N–H and O–H groups in total. The van der Waals surface area contributed by atoms with Gasteiger partial charge in [0, 0.05) is 11.8 Å². The summed E-state index contributed by atoms with van der Waals surface area (Å²) in [6.07, 6.45) is 7.82. The molecule has 4 unspecified atom stereocenters. The standard InChI is InChI=1S/C28H32O3/c1-4-14-28(20-6-9-22(30-3)10-7-20)15-13-26-24-11-5-19-16-21(29)8-12-23(19)25(24)17-31-18-27(26,28)2/h6-7,9-10,16,24,26H,5,8,11-13,15,17-18H2,1-3H3. The number of hydrogen-bond donors (Lipinski definition) is 0. The largest absolute Gasteiger partial charge is 0.497 e. The Morgan fingerprint density at radius 3 is 2.68 bits per heavy atom. The van der Waals surface area contributed by atoms with Gasteiger partial charge in [0.05, 0.1) is 25.7 Å². The van der Waals surface area contributed by atoms with E-state index in [2.05, 4.69) is 43.0 Å². The highest BCUT2D eigenvalue weighted by Crippen LogP contribution is 2.63. The number of fused-ring (bicyclic) bond motifs is 4. The van der Waals surface area contributed by atoms with Crippen molar-refractivity contribution in [3.63, 3.8) is 0 Å². The van der Waals surface area contributed by atoms with Crippen molar-refractivity contribution in [2.24, 2.45) is 17.3 Å². The van der Waals surface area contributed by atoms with Crippen molar-refractivity contribution in [1.82, 2.24) is 0 Å². The van der Waals surface area contributed by atoms with E-state index in [1.54, 1.807) is 7.11 Å². The second kappa shape index (κ2) is 7.68. The summed E-state index contributed by atoms with van der Waals surface area (Å²) in [4.78, 5) is 12.0. The third-order valence-electron chi connectivity index (χ3n) is 8.59. The van der Waals surface area contributed by atoms with Crippen LogP contribution in [0.1, 0.15) is 57.9 Å². The summed E-state index contributed by atoms with van der Waals surface area (Å²) in [5, 5.41) is 0. The minimum Gasteiger partial charge on any atom is -0.497 e. The molecule has 1 saturated heterocycles. The number of methoxy groups -OCH3 is 1. The van der Waals surface area contributed by atoms with Gasteiger partial charge in [-0.15, -0.1) is 5.92 Å². The van der Waals surface area contributed by atoms with E-state index >= 15 is 0 Å². The first-order valence-corrected chi connectivity index (χ1v) is 11.6. The zero-order valence-corrected chi connectivity index (χ0v) is 18.9. The summed E-state index contributed by atoms with van der Waals surface area (Å²) in [6.45, 7) is 5.81. The third-order valence-corrected chi connectivity index (χ3v) is 8.59. The van der Waals surface area contributed by atoms with Crippen molar-refractivity contribution >= 4 is 5.78 Å². The number of ether oxygens (including phenoxy) is 2. The van der Waals surface area contributed by atoms with Crippen LogP contribution in [0.3, 0.4) is 0 Å². The molecule has 1 aliphatic heterocycles. The summed E-state index contributed by atoms with van der Waals surface area (Å²) in [7, 11) is 1.71. The number of carbonyl (C=O) groups is 1. The number of hydrogen-bond acceptors (Lipinski definition) is 3. The van der Waals surface area contributed by atoms with Crippen LogP contribution in [0.25, 0.3) is 0 Å². The zero-order chi connectivity index (χ0) is 21.6. The van der Waals surface area contributed by atoms with Crippen LogP contribution in [-0.4, -0.2) is 26.1 Å². The van der Waals surface area contributed by atoms with Gasteiger partial charge in [-0.25, -0.2) is 0 Å². The molecule has 162 valence electrons. The van der Waals surface area contributed by atoms with E-state index in [1.807, 2.05) is 13.0 Å². The Balaban J connectivity index is 1.60. The van der Waals surface area contributed by atoms with Crippen molar-refractivity contribution in [1.29, 1.82) is 0 Å². The lowest BCUT2D eigenvalue weighted by atomic mass is 9.57. The van der Waals surface area contributed by atoms with Gasteiger partial charge in [0.2, 0.25) is 0 Å². The van der Waals surface area contributed by atoms with Crippen molar-refractivity contribution in [3.05, 3.63) is 52.6 Å². The molecule has 5 rings (SSSR count). The maximum absolute atomic E-state index is 12.0. The minimum absolute atomic E-state index is 0.0523. The van der Waals surface area contributed by atoms with Crippen LogP contribution >= 0.6 is 0 Å². The Morgan fingerprint density at radius 2 is 1.94 bits per heavy atom. The molecule has 3 heteroatoms. The Labute approximate surface area is 185 Å². The number of ketones is 1. The molecule has 31 heavy (non-hydrogen) atoms. The Hall–Kier alpha value is -2.31. The maximum atomic E-state index is 12.0. The second-order valence-electron chi connectivity index (χ2n) is 9.85. The first-order valence-electron chi connectivity index (χ1n) is 11.6. The molecule has 1 aromatic rings. The quantitative estimate of drug-likeness (QED) is 0.606. The van der Waals surface area contributed by atoms with Gasteiger partial charge < -0.3 is 9.47 Å². The van der Waals surface area contributed by atoms with Crippen molar-refractivity contribution in [2.75, 3.05) is 20.3 Å². The third kappa shape index (κ3) is 3.03. The highest BCUT2D eigenvalue weighted by Gasteiger charge is 2.61. The predicted molar refractivity (Wildman–Crippen MR) is 122 cm³/mol. The smallest absolute Gasteiger partial charge is 0.156 e. The lowest BCUT2D eigenvalue weighted by Gasteiger charge is -2.45. The molecule has 1 heterocycles. The summed E-state index contributed by atoms with van der Waals surface area (Å²) in [5.74, 6) is 9.22. The van der Waals surface area contributed by atoms with Crippen LogP contribution in [0.2, 0.25) is 0 Å². The first kappa shape index (κ1) is 20.6. The molecule has 0 aromatic heterocycles. The summed E-state index contributed by atoms with van der Waals surface area (Å²) < 4.78 is 11.9. The van der Waals surface area contributed by atoms with Crippen LogP contribution in [0.5, 0.6) is 5.75 Å². The Bertz CT molecular complexity index is 1020. The van der Waals surface area contributed by atoms with Crippen molar-refractivity contribution in [3.8, 4) is 17.6 Å². The second-order valence-corrected chi connectivity index (χ2v) is 9.85. The normalized spacial score (nSPS) is 34.5. The number of rotatable bonds is 2. The van der Waals surface area contributed by atoms with Gasteiger partial charge in [-0.1, -0.05) is 25.0 Å². The molecule has 0 bridgehead atoms. The molecular weight excluding hydrogens is 384 g/mol. The Morgan fingerprint density at radius 1 is 1.13 bits per heavy atom. The number of benzene rings is 1. The molecule has 0 spiro atoms. The highest BCUT2D eigenvalue weighted by atomic mass is 16.5. The average molecular weight is 417 g/mol. The molecule has 2 fully saturated rings. The van der Waals surface area contributed by atoms with E-state index in [-0.39, 0.29) is 16.6 Å². The SMILES string of the molecule is CC#CC1(c2ccc(OC)cc2)CCC2C3CCC4=CC(=O)CCC4=C3COCC21C. The van der Waals surface area contributed by atoms with Gasteiger partial charge in [-0.3, -0.25) is 4.79 Å². The molecule has 3 aliphatic carbocycles. The van der Waals surface area contributed by atoms with Gasteiger partial charge >= 0.3 is 0 Å². The lowest BCUT2D eigenvalue weighted by Crippen LogP contribution is -2.46. The monoisotopic (exact) mass is 416 g/mol. The van der Waals surface area contributed by atoms with E-state index in [0.29, 0.717) is 24.9 Å². The van der Waals surface area contributed by atoms with Gasteiger partial charge in [-0.2, -0.15) is 0 Å². The molecule has 1 saturated carbocycles. The Kier molecular flexibility index (Phi) is 5.10. The van der Waals surface area contributed by atoms with Crippen LogP contribution in [0.4, 0.5) is 0 Å². The van der Waals surface area contributed by atoms with Gasteiger partial charge in [0.1, 0.15) is 5.75 Å². The highest BCUT2D eigenvalue weighted by molar-refractivity contribution is 5.93. The number of carbonyl (C=O) groups excluding carboxylic acids is 1. The average Bonchev–Trinajstić information content (AvgIpc) is 2.97. The molecule has 4 aliphatic rings. The van der Waals surface area contributed by atoms with E-state index in [0.717, 1.165) is 38.0 Å². The lowest BCUT2D eigenvalue weighted by molar-refractivity contribution is -0.114. The molecular formula is C28H32O3. The topological polar surface area (TPSA) is 35.5 Å². The summed E-state index contributed by atoms with van der Waals surface area (Å²) in [5.41, 5.74) is 5.22. The van der Waals surface area contributed by atoms with Gasteiger partial charge in [0.25, 0.3) is 0 Å². The van der Waals surface area contributed by atoms with Gasteiger partial charge in [0.15, 0.2) is 5.78 Å². The van der Waals surface area contributed by atoms with Crippen LogP contribution in [-0.2, 0) is 14.9 Å². The van der Waals surface area contributed by atoms with Crippen LogP contribution in [0, 0.1) is 29.1 Å². The molecule has 1 aromatic carbocycles. The fourth-order valence-electron chi connectivity index (χ4n) is 7.08. The minimum atomic E-state index is -0.211. The summed E-state index contributed by atoms with van der Waals surface area (Å²) in [6, 6.07) is 8.53.